The first-order valence-electron chi connectivity index (χ1n) is 10.0. The molecule has 1 heterocycles. The molecule has 1 saturated heterocycles. The molecule has 1 aromatic carbocycles. The number of nitrogens with zero attached hydrogens (tertiary/aromatic N) is 2. The highest BCUT2D eigenvalue weighted by Crippen LogP contribution is 2.21. The quantitative estimate of drug-likeness (QED) is 0.838. The summed E-state index contributed by atoms with van der Waals surface area (Å²) in [6, 6.07) is 11.4. The van der Waals surface area contributed by atoms with Crippen LogP contribution in [0.4, 0.5) is 4.79 Å². The number of amides is 2. The third kappa shape index (κ3) is 5.46. The van der Waals surface area contributed by atoms with Crippen LogP contribution in [0.5, 0.6) is 0 Å². The van der Waals surface area contributed by atoms with Crippen molar-refractivity contribution in [2.75, 3.05) is 20.1 Å². The van der Waals surface area contributed by atoms with Gasteiger partial charge in [-0.05, 0) is 37.8 Å². The molecule has 0 radical (unpaired) electrons. The van der Waals surface area contributed by atoms with Gasteiger partial charge in [-0.3, -0.25) is 4.90 Å². The Kier molecular flexibility index (Phi) is 6.74. The van der Waals surface area contributed by atoms with Crippen molar-refractivity contribution >= 4 is 6.03 Å². The Balaban J connectivity index is 1.48. The summed E-state index contributed by atoms with van der Waals surface area (Å²) in [7, 11) is 1.98. The van der Waals surface area contributed by atoms with Gasteiger partial charge in [0.25, 0.3) is 0 Å². The highest BCUT2D eigenvalue weighted by atomic mass is 16.2. The number of hydrogen-bond donors (Lipinski definition) is 1. The number of benzene rings is 1. The van der Waals surface area contributed by atoms with Crippen molar-refractivity contribution in [2.24, 2.45) is 0 Å². The second kappa shape index (κ2) is 9.23. The molecule has 138 valence electrons. The molecule has 1 aromatic rings. The van der Waals surface area contributed by atoms with Crippen LogP contribution in [0, 0.1) is 0 Å². The Morgan fingerprint density at radius 1 is 1.08 bits per heavy atom. The van der Waals surface area contributed by atoms with Crippen molar-refractivity contribution in [1.29, 1.82) is 0 Å². The maximum Gasteiger partial charge on any atom is 0.317 e. The van der Waals surface area contributed by atoms with Gasteiger partial charge in [0.2, 0.25) is 0 Å². The Bertz CT molecular complexity index is 525. The zero-order valence-electron chi connectivity index (χ0n) is 15.6. The van der Waals surface area contributed by atoms with Crippen molar-refractivity contribution in [3.05, 3.63) is 35.9 Å². The van der Waals surface area contributed by atoms with Crippen LogP contribution in [0.15, 0.2) is 30.3 Å². The van der Waals surface area contributed by atoms with Gasteiger partial charge in [-0.25, -0.2) is 4.79 Å². The highest BCUT2D eigenvalue weighted by molar-refractivity contribution is 5.74. The van der Waals surface area contributed by atoms with E-state index < -0.39 is 0 Å². The van der Waals surface area contributed by atoms with Gasteiger partial charge < -0.3 is 10.2 Å². The lowest BCUT2D eigenvalue weighted by Crippen LogP contribution is -2.52. The number of carbonyl (C=O) groups excluding carboxylic acids is 1. The molecular weight excluding hydrogens is 310 g/mol. The first-order valence-corrected chi connectivity index (χ1v) is 10.0. The molecule has 3 rings (SSSR count). The van der Waals surface area contributed by atoms with E-state index in [0.717, 1.165) is 45.3 Å². The molecular formula is C21H33N3O. The molecule has 25 heavy (non-hydrogen) atoms. The number of rotatable bonds is 4. The number of hydrogen-bond acceptors (Lipinski definition) is 2. The van der Waals surface area contributed by atoms with Gasteiger partial charge in [-0.15, -0.1) is 0 Å². The van der Waals surface area contributed by atoms with Crippen LogP contribution in [0.25, 0.3) is 0 Å². The number of nitrogens with one attached hydrogen (secondary N) is 1. The maximum atomic E-state index is 12.7. The number of carbonyl (C=O) groups is 1. The minimum atomic E-state index is 0.124. The average Bonchev–Trinajstić information content (AvgIpc) is 2.91. The second-order valence-electron chi connectivity index (χ2n) is 7.77. The normalized spacial score (nSPS) is 23.0. The number of likely N-dealkylation sites (tertiary alicyclic amines) is 1. The molecule has 4 nitrogen and oxygen atoms in total. The minimum Gasteiger partial charge on any atom is -0.334 e. The Labute approximate surface area is 152 Å². The van der Waals surface area contributed by atoms with Crippen molar-refractivity contribution in [1.82, 2.24) is 15.1 Å². The van der Waals surface area contributed by atoms with Gasteiger partial charge >= 0.3 is 6.03 Å². The molecule has 4 heteroatoms. The molecule has 1 unspecified atom stereocenters. The molecule has 2 fully saturated rings. The molecule has 0 spiro atoms. The SMILES string of the molecule is CN(C(=O)NC1CCCN(Cc2ccccc2)C1)C1CCCCCC1. The summed E-state index contributed by atoms with van der Waals surface area (Å²) >= 11 is 0. The van der Waals surface area contributed by atoms with Gasteiger partial charge in [0.05, 0.1) is 0 Å². The third-order valence-corrected chi connectivity index (χ3v) is 5.77. The van der Waals surface area contributed by atoms with Gasteiger partial charge in [0.15, 0.2) is 0 Å². The van der Waals surface area contributed by atoms with Gasteiger partial charge in [-0.1, -0.05) is 56.0 Å². The first-order chi connectivity index (χ1) is 12.2. The van der Waals surface area contributed by atoms with Crippen LogP contribution in [-0.4, -0.2) is 48.1 Å². The van der Waals surface area contributed by atoms with Crippen molar-refractivity contribution in [3.63, 3.8) is 0 Å². The summed E-state index contributed by atoms with van der Waals surface area (Å²) in [6.45, 7) is 3.06. The molecule has 0 bridgehead atoms. The Morgan fingerprint density at radius 3 is 2.52 bits per heavy atom. The highest BCUT2D eigenvalue weighted by Gasteiger charge is 2.25. The lowest BCUT2D eigenvalue weighted by molar-refractivity contribution is 0.156. The molecule has 0 aromatic heterocycles. The summed E-state index contributed by atoms with van der Waals surface area (Å²) in [5.74, 6) is 0. The van der Waals surface area contributed by atoms with E-state index in [-0.39, 0.29) is 12.1 Å². The summed E-state index contributed by atoms with van der Waals surface area (Å²) in [5, 5.41) is 3.30. The topological polar surface area (TPSA) is 35.6 Å². The van der Waals surface area contributed by atoms with Crippen LogP contribution < -0.4 is 5.32 Å². The minimum absolute atomic E-state index is 0.124. The number of urea groups is 1. The van der Waals surface area contributed by atoms with Gasteiger partial charge in [0.1, 0.15) is 0 Å². The molecule has 1 aliphatic heterocycles. The zero-order chi connectivity index (χ0) is 17.5. The molecule has 1 atom stereocenters. The van der Waals surface area contributed by atoms with E-state index in [4.69, 9.17) is 0 Å². The average molecular weight is 344 g/mol. The predicted molar refractivity (Wildman–Crippen MR) is 103 cm³/mol. The first kappa shape index (κ1) is 18.2. The summed E-state index contributed by atoms with van der Waals surface area (Å²) in [5.41, 5.74) is 1.35. The van der Waals surface area contributed by atoms with Gasteiger partial charge in [-0.2, -0.15) is 0 Å². The van der Waals surface area contributed by atoms with Crippen molar-refractivity contribution in [2.45, 2.75) is 70.0 Å². The van der Waals surface area contributed by atoms with E-state index in [1.165, 1.54) is 31.2 Å². The van der Waals surface area contributed by atoms with Crippen LogP contribution in [0.3, 0.4) is 0 Å². The Hall–Kier alpha value is -1.55. The second-order valence-corrected chi connectivity index (χ2v) is 7.77. The third-order valence-electron chi connectivity index (χ3n) is 5.77. The molecule has 1 aliphatic carbocycles. The fourth-order valence-electron chi connectivity index (χ4n) is 4.25. The summed E-state index contributed by atoms with van der Waals surface area (Å²) in [6.07, 6.45) is 9.74. The van der Waals surface area contributed by atoms with Crippen LogP contribution in [0.2, 0.25) is 0 Å². The lowest BCUT2D eigenvalue weighted by Gasteiger charge is -2.35. The largest absolute Gasteiger partial charge is 0.334 e. The van der Waals surface area contributed by atoms with Crippen molar-refractivity contribution in [3.8, 4) is 0 Å². The fourth-order valence-corrected chi connectivity index (χ4v) is 4.25. The lowest BCUT2D eigenvalue weighted by atomic mass is 10.0. The zero-order valence-corrected chi connectivity index (χ0v) is 15.6. The standard InChI is InChI=1S/C21H33N3O/c1-23(20-13-7-2-3-8-14-20)21(25)22-19-12-9-15-24(17-19)16-18-10-5-4-6-11-18/h4-6,10-11,19-20H,2-3,7-9,12-17H2,1H3,(H,22,25). The summed E-state index contributed by atoms with van der Waals surface area (Å²) < 4.78 is 0. The Morgan fingerprint density at radius 2 is 1.80 bits per heavy atom. The van der Waals surface area contributed by atoms with Gasteiger partial charge in [0, 0.05) is 32.2 Å². The van der Waals surface area contributed by atoms with E-state index in [1.54, 1.807) is 0 Å². The van der Waals surface area contributed by atoms with Crippen molar-refractivity contribution < 1.29 is 4.79 Å². The van der Waals surface area contributed by atoms with Crippen LogP contribution in [0.1, 0.15) is 56.9 Å². The van der Waals surface area contributed by atoms with Crippen LogP contribution >= 0.6 is 0 Å². The van der Waals surface area contributed by atoms with E-state index in [0.29, 0.717) is 6.04 Å². The van der Waals surface area contributed by atoms with Crippen LogP contribution in [-0.2, 0) is 6.54 Å². The van der Waals surface area contributed by atoms with E-state index in [1.807, 2.05) is 11.9 Å². The number of piperidine rings is 1. The molecule has 2 amide bonds. The maximum absolute atomic E-state index is 12.7. The summed E-state index contributed by atoms with van der Waals surface area (Å²) in [4.78, 5) is 17.1. The van der Waals surface area contributed by atoms with E-state index in [2.05, 4.69) is 40.5 Å². The smallest absolute Gasteiger partial charge is 0.317 e. The molecule has 2 aliphatic rings. The predicted octanol–water partition coefficient (Wildman–Crippen LogP) is 4.02. The molecule has 1 N–H and O–H groups in total. The monoisotopic (exact) mass is 343 g/mol. The molecule has 1 saturated carbocycles. The van der Waals surface area contributed by atoms with E-state index in [9.17, 15) is 4.79 Å². The fraction of sp³-hybridized carbons (Fsp3) is 0.667. The van der Waals surface area contributed by atoms with E-state index >= 15 is 0 Å².